The van der Waals surface area contributed by atoms with E-state index in [0.717, 1.165) is 4.57 Å². The molecule has 4 atom stereocenters. The Bertz CT molecular complexity index is 523. The Morgan fingerprint density at radius 2 is 2.32 bits per heavy atom. The van der Waals surface area contributed by atoms with Crippen LogP contribution in [0.3, 0.4) is 0 Å². The van der Waals surface area contributed by atoms with Crippen LogP contribution in [0.25, 0.3) is 0 Å². The van der Waals surface area contributed by atoms with Crippen LogP contribution in [0.2, 0.25) is 0 Å². The molecule has 1 saturated heterocycles. The minimum Gasteiger partial charge on any atom is -0.396 e. The Kier molecular flexibility index (Phi) is 3.57. The van der Waals surface area contributed by atoms with Gasteiger partial charge in [-0.1, -0.05) is 6.92 Å². The molecule has 0 saturated carbocycles. The van der Waals surface area contributed by atoms with E-state index in [2.05, 4.69) is 4.98 Å². The van der Waals surface area contributed by atoms with E-state index < -0.39 is 42.8 Å². The number of aliphatic hydroxyl groups excluding tert-OH is 2. The number of hydrogen-bond donors (Lipinski definition) is 3. The van der Waals surface area contributed by atoms with Gasteiger partial charge < -0.3 is 20.7 Å². The number of nitrogens with two attached hydrogens (primary N) is 1. The molecule has 1 aromatic heterocycles. The number of nitrogens with zero attached hydrogens (tertiary/aromatic N) is 2. The molecule has 2 rings (SSSR count). The van der Waals surface area contributed by atoms with Crippen molar-refractivity contribution in [2.45, 2.75) is 25.4 Å². The molecule has 0 unspecified atom stereocenters. The summed E-state index contributed by atoms with van der Waals surface area (Å²) in [6.45, 7) is 0.493. The number of aliphatic hydroxyl groups is 2. The molecule has 2 heterocycles. The van der Waals surface area contributed by atoms with Gasteiger partial charge in [0.1, 0.15) is 5.82 Å². The first-order chi connectivity index (χ1) is 8.93. The lowest BCUT2D eigenvalue weighted by molar-refractivity contribution is -0.0550. The fourth-order valence-electron chi connectivity index (χ4n) is 2.16. The molecule has 1 fully saturated rings. The van der Waals surface area contributed by atoms with Crippen LogP contribution in [0.5, 0.6) is 0 Å². The highest BCUT2D eigenvalue weighted by molar-refractivity contribution is 5.23. The maximum atomic E-state index is 14.4. The maximum Gasteiger partial charge on any atom is 0.351 e. The Morgan fingerprint density at radius 1 is 1.63 bits per heavy atom. The van der Waals surface area contributed by atoms with Gasteiger partial charge in [0.15, 0.2) is 12.4 Å². The van der Waals surface area contributed by atoms with Gasteiger partial charge >= 0.3 is 5.69 Å². The number of rotatable bonds is 3. The van der Waals surface area contributed by atoms with Crippen molar-refractivity contribution < 1.29 is 19.3 Å². The quantitative estimate of drug-likeness (QED) is 0.655. The second-order valence-electron chi connectivity index (χ2n) is 4.81. The third kappa shape index (κ3) is 2.11. The van der Waals surface area contributed by atoms with Crippen LogP contribution in [0.4, 0.5) is 10.2 Å². The maximum absolute atomic E-state index is 14.4. The van der Waals surface area contributed by atoms with Gasteiger partial charge in [-0.2, -0.15) is 4.98 Å². The molecule has 1 aliphatic heterocycles. The standard InChI is InChI=1S/C11H16FN3O4/c1-11(5-17)6(4-16)19-9(8(11)12)15-3-2-7(13)14-10(15)18/h2-3,6,8-9,16-17H,4-5H2,1H3,(H2,13,14,18)/t6-,8-,9-,11-/m1/s1. The average molecular weight is 273 g/mol. The van der Waals surface area contributed by atoms with E-state index in [1.807, 2.05) is 0 Å². The molecule has 0 bridgehead atoms. The zero-order valence-electron chi connectivity index (χ0n) is 10.4. The molecular weight excluding hydrogens is 257 g/mol. The van der Waals surface area contributed by atoms with E-state index in [4.69, 9.17) is 10.5 Å². The average Bonchev–Trinajstić information content (AvgIpc) is 2.63. The van der Waals surface area contributed by atoms with Gasteiger partial charge in [-0.15, -0.1) is 0 Å². The monoisotopic (exact) mass is 273 g/mol. The predicted molar refractivity (Wildman–Crippen MR) is 64.0 cm³/mol. The van der Waals surface area contributed by atoms with Crippen molar-refractivity contribution >= 4 is 5.82 Å². The summed E-state index contributed by atoms with van der Waals surface area (Å²) in [5.41, 5.74) is 3.33. The number of aromatic nitrogens is 2. The van der Waals surface area contributed by atoms with Gasteiger partial charge in [0.2, 0.25) is 0 Å². The van der Waals surface area contributed by atoms with Crippen LogP contribution in [0.15, 0.2) is 17.1 Å². The molecule has 4 N–H and O–H groups in total. The molecule has 1 aromatic rings. The van der Waals surface area contributed by atoms with Crippen LogP contribution >= 0.6 is 0 Å². The summed E-state index contributed by atoms with van der Waals surface area (Å²) in [4.78, 5) is 15.2. The van der Waals surface area contributed by atoms with Crippen LogP contribution < -0.4 is 11.4 Å². The second-order valence-corrected chi connectivity index (χ2v) is 4.81. The van der Waals surface area contributed by atoms with Crippen LogP contribution in [0, 0.1) is 5.41 Å². The van der Waals surface area contributed by atoms with Crippen molar-refractivity contribution in [1.82, 2.24) is 9.55 Å². The lowest BCUT2D eigenvalue weighted by Gasteiger charge is -2.27. The molecule has 0 radical (unpaired) electrons. The zero-order chi connectivity index (χ0) is 14.2. The molecule has 0 aromatic carbocycles. The highest BCUT2D eigenvalue weighted by Gasteiger charge is 2.54. The summed E-state index contributed by atoms with van der Waals surface area (Å²) in [5.74, 6) is 0.0262. The Balaban J connectivity index is 2.39. The molecule has 0 amide bonds. The summed E-state index contributed by atoms with van der Waals surface area (Å²) in [6.07, 6.45) is -2.52. The van der Waals surface area contributed by atoms with Crippen LogP contribution in [-0.4, -0.2) is 45.3 Å². The molecular formula is C11H16FN3O4. The minimum atomic E-state index is -1.65. The van der Waals surface area contributed by atoms with Gasteiger partial charge in [-0.3, -0.25) is 4.57 Å². The molecule has 0 spiro atoms. The first kappa shape index (κ1) is 13.9. The van der Waals surface area contributed by atoms with Crippen molar-refractivity contribution in [3.63, 3.8) is 0 Å². The Hall–Kier alpha value is -1.51. The lowest BCUT2D eigenvalue weighted by atomic mass is 9.82. The third-order valence-electron chi connectivity index (χ3n) is 3.55. The number of anilines is 1. The van der Waals surface area contributed by atoms with Gasteiger partial charge in [0.25, 0.3) is 0 Å². The van der Waals surface area contributed by atoms with Gasteiger partial charge in [0.05, 0.1) is 24.7 Å². The smallest absolute Gasteiger partial charge is 0.351 e. The molecule has 7 nitrogen and oxygen atoms in total. The van der Waals surface area contributed by atoms with E-state index in [1.54, 1.807) is 0 Å². The number of nitrogen functional groups attached to an aromatic ring is 1. The van der Waals surface area contributed by atoms with Gasteiger partial charge in [-0.05, 0) is 6.07 Å². The van der Waals surface area contributed by atoms with Gasteiger partial charge in [-0.25, -0.2) is 9.18 Å². The van der Waals surface area contributed by atoms with E-state index in [1.165, 1.54) is 19.2 Å². The Morgan fingerprint density at radius 3 is 2.79 bits per heavy atom. The molecule has 106 valence electrons. The van der Waals surface area contributed by atoms with E-state index in [-0.39, 0.29) is 5.82 Å². The number of ether oxygens (including phenoxy) is 1. The fraction of sp³-hybridized carbons (Fsp3) is 0.636. The Labute approximate surface area is 108 Å². The van der Waals surface area contributed by atoms with Crippen molar-refractivity contribution in [3.05, 3.63) is 22.7 Å². The number of hydrogen-bond acceptors (Lipinski definition) is 6. The molecule has 0 aliphatic carbocycles. The lowest BCUT2D eigenvalue weighted by Crippen LogP contribution is -2.41. The summed E-state index contributed by atoms with van der Waals surface area (Å²) in [7, 11) is 0. The molecule has 8 heteroatoms. The van der Waals surface area contributed by atoms with Crippen LogP contribution in [0.1, 0.15) is 13.2 Å². The predicted octanol–water partition coefficient (Wildman–Crippen LogP) is -0.948. The summed E-state index contributed by atoms with van der Waals surface area (Å²) in [6, 6.07) is 1.35. The topological polar surface area (TPSA) is 111 Å². The third-order valence-corrected chi connectivity index (χ3v) is 3.55. The number of halogens is 1. The summed E-state index contributed by atoms with van der Waals surface area (Å²) < 4.78 is 20.7. The highest BCUT2D eigenvalue weighted by Crippen LogP contribution is 2.44. The largest absolute Gasteiger partial charge is 0.396 e. The molecule has 19 heavy (non-hydrogen) atoms. The summed E-state index contributed by atoms with van der Waals surface area (Å²) >= 11 is 0. The first-order valence-electron chi connectivity index (χ1n) is 5.80. The second kappa shape index (κ2) is 4.87. The molecule has 1 aliphatic rings. The van der Waals surface area contributed by atoms with E-state index >= 15 is 0 Å². The number of alkyl halides is 1. The minimum absolute atomic E-state index is 0.0262. The summed E-state index contributed by atoms with van der Waals surface area (Å²) in [5, 5.41) is 18.5. The fourth-order valence-corrected chi connectivity index (χ4v) is 2.16. The van der Waals surface area contributed by atoms with Crippen LogP contribution in [-0.2, 0) is 4.74 Å². The van der Waals surface area contributed by atoms with E-state index in [9.17, 15) is 19.4 Å². The normalized spacial score (nSPS) is 34.6. The van der Waals surface area contributed by atoms with Gasteiger partial charge in [0, 0.05) is 6.20 Å². The first-order valence-corrected chi connectivity index (χ1v) is 5.80. The van der Waals surface area contributed by atoms with E-state index in [0.29, 0.717) is 0 Å². The highest BCUT2D eigenvalue weighted by atomic mass is 19.1. The zero-order valence-corrected chi connectivity index (χ0v) is 10.4. The van der Waals surface area contributed by atoms with Crippen molar-refractivity contribution in [1.29, 1.82) is 0 Å². The van der Waals surface area contributed by atoms with Crippen molar-refractivity contribution in [3.8, 4) is 0 Å². The SMILES string of the molecule is C[C@]1(CO)[C@H](F)[C@H](n2ccc(N)nc2=O)O[C@@H]1CO. The van der Waals surface area contributed by atoms with Crippen molar-refractivity contribution in [2.24, 2.45) is 5.41 Å². The van der Waals surface area contributed by atoms with Crippen molar-refractivity contribution in [2.75, 3.05) is 18.9 Å².